The number of fused-ring (bicyclic) bond motifs is 1. The Labute approximate surface area is 142 Å². The van der Waals surface area contributed by atoms with Crippen LogP contribution in [-0.2, 0) is 22.2 Å². The molecule has 0 atom stereocenters. The van der Waals surface area contributed by atoms with Crippen molar-refractivity contribution in [1.82, 2.24) is 14.1 Å². The molecule has 1 N–H and O–H groups in total. The lowest BCUT2D eigenvalue weighted by Crippen LogP contribution is -2.26. The molecule has 6 heteroatoms. The topological polar surface area (TPSA) is 63.5 Å². The summed E-state index contributed by atoms with van der Waals surface area (Å²) in [6.07, 6.45) is 5.24. The number of rotatable bonds is 7. The number of aryl methyl sites for hydroxylation is 2. The Hall–Kier alpha value is -2.18. The van der Waals surface area contributed by atoms with Crippen LogP contribution in [0.2, 0.25) is 0 Å². The first-order chi connectivity index (χ1) is 11.5. The van der Waals surface area contributed by atoms with Crippen LogP contribution in [0.5, 0.6) is 0 Å². The van der Waals surface area contributed by atoms with E-state index in [4.69, 9.17) is 0 Å². The van der Waals surface area contributed by atoms with Gasteiger partial charge in [-0.2, -0.15) is 0 Å². The maximum absolute atomic E-state index is 12.1. The summed E-state index contributed by atoms with van der Waals surface area (Å²) in [5, 5.41) is 0. The molecule has 3 aromatic rings. The van der Waals surface area contributed by atoms with Crippen molar-refractivity contribution < 1.29 is 8.42 Å². The number of hydrogen-bond acceptors (Lipinski definition) is 3. The van der Waals surface area contributed by atoms with Gasteiger partial charge in [-0.1, -0.05) is 35.9 Å². The van der Waals surface area contributed by atoms with Gasteiger partial charge in [0.05, 0.1) is 17.5 Å². The van der Waals surface area contributed by atoms with Crippen molar-refractivity contribution in [3.8, 4) is 0 Å². The van der Waals surface area contributed by atoms with E-state index in [9.17, 15) is 8.42 Å². The fraction of sp³-hybridized carbons (Fsp3) is 0.278. The van der Waals surface area contributed by atoms with Gasteiger partial charge in [0, 0.05) is 19.2 Å². The minimum Gasteiger partial charge on any atom is -0.304 e. The number of imidazole rings is 1. The van der Waals surface area contributed by atoms with Gasteiger partial charge in [-0.15, -0.1) is 0 Å². The summed E-state index contributed by atoms with van der Waals surface area (Å²) >= 11 is 0. The average molecular weight is 343 g/mol. The number of pyridine rings is 1. The van der Waals surface area contributed by atoms with Crippen molar-refractivity contribution >= 4 is 15.5 Å². The largest absolute Gasteiger partial charge is 0.304 e. The van der Waals surface area contributed by atoms with Crippen LogP contribution in [0.3, 0.4) is 0 Å². The molecule has 3 rings (SSSR count). The zero-order valence-corrected chi connectivity index (χ0v) is 14.5. The van der Waals surface area contributed by atoms with Gasteiger partial charge in [-0.05, 0) is 31.0 Å². The summed E-state index contributed by atoms with van der Waals surface area (Å²) in [5.41, 5.74) is 2.97. The van der Waals surface area contributed by atoms with Crippen LogP contribution < -0.4 is 4.72 Å². The summed E-state index contributed by atoms with van der Waals surface area (Å²) in [6, 6.07) is 13.5. The summed E-state index contributed by atoms with van der Waals surface area (Å²) in [5.74, 6) is 0.961. The monoisotopic (exact) mass is 343 g/mol. The van der Waals surface area contributed by atoms with Crippen LogP contribution in [0.15, 0.2) is 54.9 Å². The van der Waals surface area contributed by atoms with E-state index in [-0.39, 0.29) is 5.75 Å². The maximum atomic E-state index is 12.1. The Morgan fingerprint density at radius 3 is 2.71 bits per heavy atom. The lowest BCUT2D eigenvalue weighted by molar-refractivity contribution is 0.577. The zero-order chi connectivity index (χ0) is 17.0. The van der Waals surface area contributed by atoms with E-state index < -0.39 is 10.0 Å². The first kappa shape index (κ1) is 16.7. The Kier molecular flexibility index (Phi) is 4.97. The van der Waals surface area contributed by atoms with E-state index in [1.807, 2.05) is 66.2 Å². The van der Waals surface area contributed by atoms with E-state index in [0.29, 0.717) is 13.0 Å². The van der Waals surface area contributed by atoms with E-state index in [1.165, 1.54) is 0 Å². The zero-order valence-electron chi connectivity index (χ0n) is 13.6. The van der Waals surface area contributed by atoms with Crippen molar-refractivity contribution in [3.63, 3.8) is 0 Å². The second-order valence-electron chi connectivity index (χ2n) is 5.91. The highest BCUT2D eigenvalue weighted by molar-refractivity contribution is 7.88. The number of sulfonamides is 1. The Balaban J connectivity index is 1.51. The molecule has 0 fully saturated rings. The lowest BCUT2D eigenvalue weighted by Gasteiger charge is -2.07. The first-order valence-electron chi connectivity index (χ1n) is 7.97. The Morgan fingerprint density at radius 1 is 1.12 bits per heavy atom. The van der Waals surface area contributed by atoms with E-state index in [2.05, 4.69) is 9.71 Å². The minimum atomic E-state index is -3.31. The van der Waals surface area contributed by atoms with Gasteiger partial charge in [0.1, 0.15) is 5.82 Å². The third kappa shape index (κ3) is 4.21. The van der Waals surface area contributed by atoms with Crippen LogP contribution in [0.1, 0.15) is 23.4 Å². The molecule has 0 aliphatic carbocycles. The van der Waals surface area contributed by atoms with Crippen molar-refractivity contribution in [2.45, 2.75) is 25.5 Å². The highest BCUT2D eigenvalue weighted by Gasteiger charge is 2.11. The minimum absolute atomic E-state index is 0.0135. The van der Waals surface area contributed by atoms with Gasteiger partial charge in [0.15, 0.2) is 0 Å². The van der Waals surface area contributed by atoms with Crippen LogP contribution in [-0.4, -0.2) is 24.3 Å². The second-order valence-corrected chi connectivity index (χ2v) is 7.72. The summed E-state index contributed by atoms with van der Waals surface area (Å²) < 4.78 is 28.9. The van der Waals surface area contributed by atoms with Gasteiger partial charge in [-0.3, -0.25) is 0 Å². The summed E-state index contributed by atoms with van der Waals surface area (Å²) in [4.78, 5) is 4.39. The highest BCUT2D eigenvalue weighted by atomic mass is 32.2. The first-order valence-corrected chi connectivity index (χ1v) is 9.62. The predicted molar refractivity (Wildman–Crippen MR) is 95.3 cm³/mol. The molecule has 0 radical (unpaired) electrons. The van der Waals surface area contributed by atoms with E-state index >= 15 is 0 Å². The van der Waals surface area contributed by atoms with Crippen LogP contribution in [0, 0.1) is 6.92 Å². The lowest BCUT2D eigenvalue weighted by atomic mass is 10.2. The van der Waals surface area contributed by atoms with Gasteiger partial charge in [0.2, 0.25) is 10.0 Å². The molecule has 126 valence electrons. The van der Waals surface area contributed by atoms with Gasteiger partial charge in [0.25, 0.3) is 0 Å². The maximum Gasteiger partial charge on any atom is 0.215 e. The molecule has 0 aliphatic rings. The molecule has 2 aromatic heterocycles. The smallest absolute Gasteiger partial charge is 0.215 e. The van der Waals surface area contributed by atoms with Crippen molar-refractivity contribution in [3.05, 3.63) is 71.8 Å². The predicted octanol–water partition coefficient (Wildman–Crippen LogP) is 2.69. The molecule has 0 amide bonds. The van der Waals surface area contributed by atoms with Crippen molar-refractivity contribution in [2.24, 2.45) is 0 Å². The summed E-state index contributed by atoms with van der Waals surface area (Å²) in [6.45, 7) is 2.39. The molecule has 0 bridgehead atoms. The molecule has 5 nitrogen and oxygen atoms in total. The Morgan fingerprint density at radius 2 is 1.92 bits per heavy atom. The van der Waals surface area contributed by atoms with Crippen molar-refractivity contribution in [2.75, 3.05) is 6.54 Å². The fourth-order valence-corrected chi connectivity index (χ4v) is 3.80. The molecule has 0 unspecified atom stereocenters. The van der Waals surface area contributed by atoms with E-state index in [0.717, 1.165) is 28.9 Å². The molecule has 0 aliphatic heterocycles. The third-order valence-electron chi connectivity index (χ3n) is 3.89. The number of benzene rings is 1. The van der Waals surface area contributed by atoms with Crippen LogP contribution in [0.4, 0.5) is 0 Å². The number of nitrogens with one attached hydrogen (secondary N) is 1. The van der Waals surface area contributed by atoms with Crippen LogP contribution >= 0.6 is 0 Å². The third-order valence-corrected chi connectivity index (χ3v) is 5.25. The molecule has 0 saturated carbocycles. The van der Waals surface area contributed by atoms with Gasteiger partial charge >= 0.3 is 0 Å². The molecule has 2 heterocycles. The normalized spacial score (nSPS) is 11.9. The molecule has 0 saturated heterocycles. The van der Waals surface area contributed by atoms with E-state index in [1.54, 1.807) is 0 Å². The number of hydrogen-bond donors (Lipinski definition) is 1. The second kappa shape index (κ2) is 7.15. The number of aromatic nitrogens is 2. The summed E-state index contributed by atoms with van der Waals surface area (Å²) in [7, 11) is -3.31. The van der Waals surface area contributed by atoms with Crippen LogP contribution in [0.25, 0.3) is 5.52 Å². The fourth-order valence-electron chi connectivity index (χ4n) is 2.61. The average Bonchev–Trinajstić information content (AvgIpc) is 2.97. The molecule has 0 spiro atoms. The Bertz CT molecular complexity index is 915. The highest BCUT2D eigenvalue weighted by Crippen LogP contribution is 2.09. The van der Waals surface area contributed by atoms with Crippen molar-refractivity contribution in [1.29, 1.82) is 0 Å². The molecular weight excluding hydrogens is 322 g/mol. The number of nitrogens with zero attached hydrogens (tertiary/aromatic N) is 2. The molecule has 1 aromatic carbocycles. The molecular formula is C18H21N3O2S. The SMILES string of the molecule is Cc1ccc(CS(=O)(=O)NCCCc2ncc3ccccn23)cc1. The van der Waals surface area contributed by atoms with Gasteiger partial charge < -0.3 is 4.40 Å². The standard InChI is InChI=1S/C18H21N3O2S/c1-15-7-9-16(10-8-15)14-24(22,23)20-11-4-6-18-19-13-17-5-2-3-12-21(17)18/h2-3,5,7-10,12-13,20H,4,6,11,14H2,1H3. The molecule has 24 heavy (non-hydrogen) atoms. The van der Waals surface area contributed by atoms with Gasteiger partial charge in [-0.25, -0.2) is 18.1 Å². The quantitative estimate of drug-likeness (QED) is 0.671.